The molecule has 0 radical (unpaired) electrons. The van der Waals surface area contributed by atoms with Crippen LogP contribution in [-0.4, -0.2) is 50.7 Å². The fourth-order valence-electron chi connectivity index (χ4n) is 4.50. The lowest BCUT2D eigenvalue weighted by Crippen LogP contribution is -2.42. The number of amidine groups is 2. The van der Waals surface area contributed by atoms with Crippen molar-refractivity contribution in [3.63, 3.8) is 0 Å². The van der Waals surface area contributed by atoms with Gasteiger partial charge in [-0.05, 0) is 37.1 Å². The highest BCUT2D eigenvalue weighted by molar-refractivity contribution is 8.15. The third-order valence-electron chi connectivity index (χ3n) is 6.25. The fraction of sp³-hybridized carbons (Fsp3) is 0.333. The molecule has 0 unspecified atom stereocenters. The maximum Gasteiger partial charge on any atom is 0.319 e. The van der Waals surface area contributed by atoms with Crippen molar-refractivity contribution in [3.8, 4) is 0 Å². The Kier molecular flexibility index (Phi) is 6.72. The third kappa shape index (κ3) is 4.50. The summed E-state index contributed by atoms with van der Waals surface area (Å²) in [6.45, 7) is 4.21. The number of carbonyl (C=O) groups excluding carboxylic acids is 2. The first kappa shape index (κ1) is 23.4. The van der Waals surface area contributed by atoms with Gasteiger partial charge in [0.2, 0.25) is 0 Å². The molecule has 1 N–H and O–H groups in total. The Bertz CT molecular complexity index is 1330. The summed E-state index contributed by atoms with van der Waals surface area (Å²) in [7, 11) is 0. The van der Waals surface area contributed by atoms with Crippen LogP contribution in [0, 0.1) is 0 Å². The maximum absolute atomic E-state index is 13.7. The van der Waals surface area contributed by atoms with Crippen LogP contribution in [0.3, 0.4) is 0 Å². The number of amides is 1. The average molecular weight is 489 g/mol. The molecule has 8 heteroatoms. The Morgan fingerprint density at radius 1 is 1.17 bits per heavy atom. The van der Waals surface area contributed by atoms with E-state index >= 15 is 0 Å². The van der Waals surface area contributed by atoms with Crippen molar-refractivity contribution in [2.24, 2.45) is 9.98 Å². The third-order valence-corrected chi connectivity index (χ3v) is 7.45. The molecule has 0 saturated heterocycles. The summed E-state index contributed by atoms with van der Waals surface area (Å²) in [5.41, 5.74) is 3.67. The number of benzene rings is 2. The number of para-hydroxylation sites is 2. The van der Waals surface area contributed by atoms with E-state index in [-0.39, 0.29) is 11.9 Å². The first-order valence-electron chi connectivity index (χ1n) is 12.1. The van der Waals surface area contributed by atoms with Crippen LogP contribution in [0.1, 0.15) is 44.2 Å². The van der Waals surface area contributed by atoms with Gasteiger partial charge in [-0.15, -0.1) is 0 Å². The molecular weight excluding hydrogens is 460 g/mol. The minimum atomic E-state index is -0.558. The Morgan fingerprint density at radius 2 is 1.97 bits per heavy atom. The van der Waals surface area contributed by atoms with Gasteiger partial charge in [0, 0.05) is 29.1 Å². The highest BCUT2D eigenvalue weighted by Crippen LogP contribution is 2.36. The van der Waals surface area contributed by atoms with Crippen LogP contribution in [0.15, 0.2) is 64.7 Å². The van der Waals surface area contributed by atoms with Gasteiger partial charge in [0.15, 0.2) is 5.17 Å². The van der Waals surface area contributed by atoms with Crippen LogP contribution in [0.4, 0.5) is 5.69 Å². The SMILES string of the molecule is CCCC[C@H](SC1=Nc2ccccc2C2=N[C@@H](Cc3c[nH]c4ccccc34)C(=O)N12)C(=O)OCC. The van der Waals surface area contributed by atoms with Crippen LogP contribution in [0.25, 0.3) is 10.9 Å². The molecule has 35 heavy (non-hydrogen) atoms. The second-order valence-electron chi connectivity index (χ2n) is 8.62. The molecule has 0 bridgehead atoms. The van der Waals surface area contributed by atoms with E-state index in [1.165, 1.54) is 11.8 Å². The van der Waals surface area contributed by atoms with Crippen LogP contribution < -0.4 is 0 Å². The number of H-pyrrole nitrogens is 1. The predicted molar refractivity (Wildman–Crippen MR) is 140 cm³/mol. The van der Waals surface area contributed by atoms with E-state index < -0.39 is 11.3 Å². The van der Waals surface area contributed by atoms with Gasteiger partial charge in [0.1, 0.15) is 17.1 Å². The van der Waals surface area contributed by atoms with Crippen molar-refractivity contribution in [2.45, 2.75) is 50.8 Å². The number of carbonyl (C=O) groups is 2. The number of unbranched alkanes of at least 4 members (excludes halogenated alkanes) is 1. The molecule has 180 valence electrons. The summed E-state index contributed by atoms with van der Waals surface area (Å²) in [6, 6.07) is 15.2. The second kappa shape index (κ2) is 10.1. The number of rotatable bonds is 8. The fourth-order valence-corrected chi connectivity index (χ4v) is 5.64. The molecule has 0 aliphatic carbocycles. The second-order valence-corrected chi connectivity index (χ2v) is 9.79. The minimum absolute atomic E-state index is 0.121. The largest absolute Gasteiger partial charge is 0.465 e. The van der Waals surface area contributed by atoms with Crippen LogP contribution in [-0.2, 0) is 20.7 Å². The normalized spacial score (nSPS) is 17.6. The molecule has 5 rings (SSSR count). The van der Waals surface area contributed by atoms with Crippen molar-refractivity contribution < 1.29 is 14.3 Å². The van der Waals surface area contributed by atoms with Gasteiger partial charge in [-0.3, -0.25) is 14.6 Å². The molecule has 3 aromatic rings. The zero-order chi connectivity index (χ0) is 24.4. The number of esters is 1. The van der Waals surface area contributed by atoms with Gasteiger partial charge >= 0.3 is 5.97 Å². The van der Waals surface area contributed by atoms with Crippen molar-refractivity contribution in [2.75, 3.05) is 6.61 Å². The Morgan fingerprint density at radius 3 is 2.80 bits per heavy atom. The first-order valence-corrected chi connectivity index (χ1v) is 13.0. The van der Waals surface area contributed by atoms with Crippen molar-refractivity contribution in [3.05, 3.63) is 65.9 Å². The lowest BCUT2D eigenvalue weighted by atomic mass is 10.1. The van der Waals surface area contributed by atoms with Gasteiger partial charge in [0.25, 0.3) is 5.91 Å². The molecule has 2 aliphatic rings. The molecule has 7 nitrogen and oxygen atoms in total. The van der Waals surface area contributed by atoms with E-state index in [0.717, 1.165) is 40.6 Å². The summed E-state index contributed by atoms with van der Waals surface area (Å²) < 4.78 is 5.33. The number of nitrogens with one attached hydrogen (secondary N) is 1. The summed E-state index contributed by atoms with van der Waals surface area (Å²) >= 11 is 1.30. The summed E-state index contributed by atoms with van der Waals surface area (Å²) in [5.74, 6) is 0.211. The zero-order valence-electron chi connectivity index (χ0n) is 19.9. The molecular formula is C27H28N4O3S. The molecule has 0 fully saturated rings. The lowest BCUT2D eigenvalue weighted by Gasteiger charge is -2.27. The topological polar surface area (TPSA) is 87.1 Å². The molecule has 2 aliphatic heterocycles. The predicted octanol–water partition coefficient (Wildman–Crippen LogP) is 5.22. The number of aromatic nitrogens is 1. The Labute approximate surface area is 208 Å². The van der Waals surface area contributed by atoms with Crippen molar-refractivity contribution in [1.82, 2.24) is 9.88 Å². The highest BCUT2D eigenvalue weighted by atomic mass is 32.2. The number of hydrogen-bond donors (Lipinski definition) is 1. The highest BCUT2D eigenvalue weighted by Gasteiger charge is 2.42. The summed E-state index contributed by atoms with van der Waals surface area (Å²) in [4.78, 5) is 41.0. The minimum Gasteiger partial charge on any atom is -0.465 e. The molecule has 0 saturated carbocycles. The average Bonchev–Trinajstić information content (AvgIpc) is 3.43. The number of thioether (sulfide) groups is 1. The van der Waals surface area contributed by atoms with E-state index in [1.54, 1.807) is 11.8 Å². The number of nitrogens with zero attached hydrogens (tertiary/aromatic N) is 3. The van der Waals surface area contributed by atoms with E-state index in [4.69, 9.17) is 14.7 Å². The van der Waals surface area contributed by atoms with Gasteiger partial charge in [-0.2, -0.15) is 0 Å². The zero-order valence-corrected chi connectivity index (χ0v) is 20.7. The Hall–Kier alpha value is -3.39. The molecule has 1 aromatic heterocycles. The summed E-state index contributed by atoms with van der Waals surface area (Å²) in [6.07, 6.45) is 4.95. The van der Waals surface area contributed by atoms with Crippen LogP contribution >= 0.6 is 11.8 Å². The van der Waals surface area contributed by atoms with E-state index in [0.29, 0.717) is 30.5 Å². The van der Waals surface area contributed by atoms with Crippen molar-refractivity contribution >= 4 is 51.2 Å². The van der Waals surface area contributed by atoms with Crippen molar-refractivity contribution in [1.29, 1.82) is 0 Å². The number of ether oxygens (including phenoxy) is 1. The number of aliphatic imine (C=N–C) groups is 2. The summed E-state index contributed by atoms with van der Waals surface area (Å²) in [5, 5.41) is 1.15. The van der Waals surface area contributed by atoms with Gasteiger partial charge in [-0.25, -0.2) is 9.89 Å². The van der Waals surface area contributed by atoms with E-state index in [9.17, 15) is 9.59 Å². The molecule has 3 heterocycles. The molecule has 0 spiro atoms. The van der Waals surface area contributed by atoms with E-state index in [2.05, 4.69) is 18.0 Å². The molecule has 1 amide bonds. The standard InChI is InChI=1S/C27H28N4O3S/c1-3-5-14-23(26(33)34-4-2)35-27-30-21-13-9-7-11-19(21)24-29-22(25(32)31(24)27)15-17-16-28-20-12-8-6-10-18(17)20/h6-13,16,22-23,28H,3-5,14-15H2,1-2H3/t22-,23-/m0/s1. The number of aromatic amines is 1. The number of hydrogen-bond acceptors (Lipinski definition) is 6. The molecule has 2 atom stereocenters. The smallest absolute Gasteiger partial charge is 0.319 e. The van der Waals surface area contributed by atoms with Gasteiger partial charge in [0.05, 0.1) is 12.3 Å². The van der Waals surface area contributed by atoms with Gasteiger partial charge in [-0.1, -0.05) is 61.9 Å². The molecule has 2 aromatic carbocycles. The first-order chi connectivity index (χ1) is 17.1. The maximum atomic E-state index is 13.7. The monoisotopic (exact) mass is 488 g/mol. The van der Waals surface area contributed by atoms with Crippen LogP contribution in [0.5, 0.6) is 0 Å². The van der Waals surface area contributed by atoms with E-state index in [1.807, 2.05) is 48.7 Å². The Balaban J connectivity index is 1.48. The number of fused-ring (bicyclic) bond motifs is 4. The van der Waals surface area contributed by atoms with Crippen LogP contribution in [0.2, 0.25) is 0 Å². The lowest BCUT2D eigenvalue weighted by molar-refractivity contribution is -0.142. The quantitative estimate of drug-likeness (QED) is 0.440. The van der Waals surface area contributed by atoms with Gasteiger partial charge < -0.3 is 9.72 Å².